The van der Waals surface area contributed by atoms with Crippen molar-refractivity contribution in [2.24, 2.45) is 5.92 Å². The maximum Gasteiger partial charge on any atom is 0.411 e. The third-order valence-electron chi connectivity index (χ3n) is 3.75. The SMILES string of the molecule is C=C1C[C@H]2CC[C@@H]1N(C(=O)OC(C)(C)C)[C@@H]2C(=O)O. The van der Waals surface area contributed by atoms with Crippen LogP contribution in [-0.4, -0.2) is 39.8 Å². The van der Waals surface area contributed by atoms with Gasteiger partial charge in [-0.15, -0.1) is 0 Å². The van der Waals surface area contributed by atoms with Gasteiger partial charge in [0, 0.05) is 0 Å². The minimum Gasteiger partial charge on any atom is -0.480 e. The van der Waals surface area contributed by atoms with E-state index in [1.165, 1.54) is 4.90 Å². The Labute approximate surface area is 113 Å². The van der Waals surface area contributed by atoms with Crippen molar-refractivity contribution < 1.29 is 19.4 Å². The Balaban J connectivity index is 2.26. The van der Waals surface area contributed by atoms with Gasteiger partial charge in [0.2, 0.25) is 0 Å². The predicted octanol–water partition coefficient (Wildman–Crippen LogP) is 2.42. The highest BCUT2D eigenvalue weighted by atomic mass is 16.6. The van der Waals surface area contributed by atoms with Gasteiger partial charge in [-0.1, -0.05) is 12.2 Å². The van der Waals surface area contributed by atoms with Crippen molar-refractivity contribution in [3.8, 4) is 0 Å². The van der Waals surface area contributed by atoms with Gasteiger partial charge >= 0.3 is 12.1 Å². The van der Waals surface area contributed by atoms with Gasteiger partial charge in [-0.05, 0) is 46.0 Å². The van der Waals surface area contributed by atoms with E-state index in [0.717, 1.165) is 18.4 Å². The van der Waals surface area contributed by atoms with Gasteiger partial charge in [-0.2, -0.15) is 0 Å². The van der Waals surface area contributed by atoms with Crippen LogP contribution in [0.2, 0.25) is 0 Å². The summed E-state index contributed by atoms with van der Waals surface area (Å²) in [5.74, 6) is -0.990. The number of hydrogen-bond acceptors (Lipinski definition) is 3. The summed E-state index contributed by atoms with van der Waals surface area (Å²) in [5, 5.41) is 9.39. The Morgan fingerprint density at radius 1 is 1.37 bits per heavy atom. The lowest BCUT2D eigenvalue weighted by molar-refractivity contribution is -0.149. The second kappa shape index (κ2) is 4.54. The van der Waals surface area contributed by atoms with Gasteiger partial charge in [0.25, 0.3) is 0 Å². The number of carboxylic acids is 1. The number of fused-ring (bicyclic) bond motifs is 3. The van der Waals surface area contributed by atoms with Crippen molar-refractivity contribution in [2.45, 2.75) is 57.7 Å². The summed E-state index contributed by atoms with van der Waals surface area (Å²) in [6.45, 7) is 9.30. The number of amides is 1. The van der Waals surface area contributed by atoms with E-state index in [9.17, 15) is 14.7 Å². The fraction of sp³-hybridized carbons (Fsp3) is 0.714. The Morgan fingerprint density at radius 3 is 2.47 bits per heavy atom. The third kappa shape index (κ3) is 2.60. The van der Waals surface area contributed by atoms with Crippen molar-refractivity contribution >= 4 is 12.1 Å². The number of rotatable bonds is 1. The van der Waals surface area contributed by atoms with E-state index in [2.05, 4.69) is 6.58 Å². The first-order chi connectivity index (χ1) is 8.70. The highest BCUT2D eigenvalue weighted by molar-refractivity contribution is 5.82. The smallest absolute Gasteiger partial charge is 0.411 e. The number of piperidine rings is 2. The topological polar surface area (TPSA) is 66.8 Å². The quantitative estimate of drug-likeness (QED) is 0.741. The molecule has 1 saturated carbocycles. The van der Waals surface area contributed by atoms with Gasteiger partial charge in [-0.3, -0.25) is 4.90 Å². The molecule has 3 aliphatic rings. The number of carbonyl (C=O) groups is 2. The average Bonchev–Trinajstić information content (AvgIpc) is 2.25. The summed E-state index contributed by atoms with van der Waals surface area (Å²) in [6.07, 6.45) is 1.77. The van der Waals surface area contributed by atoms with E-state index in [4.69, 9.17) is 4.74 Å². The molecule has 1 amide bonds. The Bertz CT molecular complexity index is 424. The highest BCUT2D eigenvalue weighted by Gasteiger charge is 2.50. The van der Waals surface area contributed by atoms with Crippen LogP contribution in [0.4, 0.5) is 4.79 Å². The zero-order valence-electron chi connectivity index (χ0n) is 11.7. The lowest BCUT2D eigenvalue weighted by Crippen LogP contribution is -2.61. The molecule has 1 N–H and O–H groups in total. The first-order valence-corrected chi connectivity index (χ1v) is 6.62. The molecule has 0 aromatic heterocycles. The predicted molar refractivity (Wildman–Crippen MR) is 69.8 cm³/mol. The summed E-state index contributed by atoms with van der Waals surface area (Å²) in [5.41, 5.74) is 0.317. The van der Waals surface area contributed by atoms with Crippen LogP contribution in [0, 0.1) is 5.92 Å². The molecule has 5 nitrogen and oxygen atoms in total. The molecule has 3 rings (SSSR count). The lowest BCUT2D eigenvalue weighted by atomic mass is 9.72. The molecular weight excluding hydrogens is 246 g/mol. The summed E-state index contributed by atoms with van der Waals surface area (Å²) < 4.78 is 5.34. The molecule has 19 heavy (non-hydrogen) atoms. The minimum absolute atomic E-state index is 0.0393. The average molecular weight is 267 g/mol. The van der Waals surface area contributed by atoms with Crippen LogP contribution in [0.1, 0.15) is 40.0 Å². The number of aliphatic carboxylic acids is 1. The molecule has 3 atom stereocenters. The largest absolute Gasteiger partial charge is 0.480 e. The van der Waals surface area contributed by atoms with Gasteiger partial charge < -0.3 is 9.84 Å². The maximum atomic E-state index is 12.3. The molecule has 1 aliphatic carbocycles. The molecule has 0 unspecified atom stereocenters. The number of ether oxygens (including phenoxy) is 1. The molecule has 2 bridgehead atoms. The number of carboxylic acid groups (broad SMARTS) is 1. The van der Waals surface area contributed by atoms with E-state index in [1.54, 1.807) is 20.8 Å². The first kappa shape index (κ1) is 13.9. The van der Waals surface area contributed by atoms with Crippen LogP contribution in [0.15, 0.2) is 12.2 Å². The fourth-order valence-corrected chi connectivity index (χ4v) is 3.05. The summed E-state index contributed by atoms with van der Waals surface area (Å²) in [7, 11) is 0. The Kier molecular flexibility index (Phi) is 3.32. The van der Waals surface area contributed by atoms with E-state index < -0.39 is 23.7 Å². The van der Waals surface area contributed by atoms with Crippen LogP contribution < -0.4 is 0 Å². The normalized spacial score (nSPS) is 30.4. The molecule has 2 aliphatic heterocycles. The Hall–Kier alpha value is -1.52. The number of hydrogen-bond donors (Lipinski definition) is 1. The van der Waals surface area contributed by atoms with Crippen molar-refractivity contribution in [2.75, 3.05) is 0 Å². The summed E-state index contributed by atoms with van der Waals surface area (Å²) in [4.78, 5) is 25.1. The molecule has 106 valence electrons. The van der Waals surface area contributed by atoms with Crippen molar-refractivity contribution in [1.82, 2.24) is 4.90 Å². The second-order valence-corrected chi connectivity index (χ2v) is 6.39. The lowest BCUT2D eigenvalue weighted by Gasteiger charge is -2.50. The number of carbonyl (C=O) groups excluding carboxylic acids is 1. The monoisotopic (exact) mass is 267 g/mol. The molecule has 0 spiro atoms. The van der Waals surface area contributed by atoms with Crippen molar-refractivity contribution in [3.05, 3.63) is 12.2 Å². The fourth-order valence-electron chi connectivity index (χ4n) is 3.05. The Morgan fingerprint density at radius 2 is 2.00 bits per heavy atom. The molecule has 3 fully saturated rings. The van der Waals surface area contributed by atoms with Crippen LogP contribution in [-0.2, 0) is 9.53 Å². The molecule has 0 aromatic carbocycles. The van der Waals surface area contributed by atoms with Crippen molar-refractivity contribution in [1.29, 1.82) is 0 Å². The van der Waals surface area contributed by atoms with E-state index in [0.29, 0.717) is 6.42 Å². The molecule has 5 heteroatoms. The van der Waals surface area contributed by atoms with Gasteiger partial charge in [-0.25, -0.2) is 9.59 Å². The third-order valence-corrected chi connectivity index (χ3v) is 3.75. The minimum atomic E-state index is -0.951. The van der Waals surface area contributed by atoms with Gasteiger partial charge in [0.15, 0.2) is 0 Å². The zero-order valence-corrected chi connectivity index (χ0v) is 11.7. The van der Waals surface area contributed by atoms with Crippen LogP contribution >= 0.6 is 0 Å². The van der Waals surface area contributed by atoms with E-state index in [-0.39, 0.29) is 12.0 Å². The highest BCUT2D eigenvalue weighted by Crippen LogP contribution is 2.42. The zero-order chi connectivity index (χ0) is 14.4. The standard InChI is InChI=1S/C14H21NO4/c1-8-7-9-5-6-10(8)15(11(9)12(16)17)13(18)19-14(2,3)4/h9-11H,1,5-7H2,2-4H3,(H,16,17)/t9-,10+,11+/m1/s1. The van der Waals surface area contributed by atoms with Gasteiger partial charge in [0.1, 0.15) is 11.6 Å². The van der Waals surface area contributed by atoms with E-state index in [1.807, 2.05) is 0 Å². The molecule has 0 radical (unpaired) electrons. The van der Waals surface area contributed by atoms with Crippen LogP contribution in [0.5, 0.6) is 0 Å². The van der Waals surface area contributed by atoms with Gasteiger partial charge in [0.05, 0.1) is 6.04 Å². The molecular formula is C14H21NO4. The summed E-state index contributed by atoms with van der Waals surface area (Å²) >= 11 is 0. The number of nitrogens with zero attached hydrogens (tertiary/aromatic N) is 1. The molecule has 2 saturated heterocycles. The second-order valence-electron chi connectivity index (χ2n) is 6.39. The molecule has 0 aromatic rings. The first-order valence-electron chi connectivity index (χ1n) is 6.62. The van der Waals surface area contributed by atoms with E-state index >= 15 is 0 Å². The maximum absolute atomic E-state index is 12.3. The molecule has 2 heterocycles. The summed E-state index contributed by atoms with van der Waals surface area (Å²) in [6, 6.07) is -0.972. The van der Waals surface area contributed by atoms with Crippen molar-refractivity contribution in [3.63, 3.8) is 0 Å². The van der Waals surface area contributed by atoms with Crippen LogP contribution in [0.25, 0.3) is 0 Å². The van der Waals surface area contributed by atoms with Crippen LogP contribution in [0.3, 0.4) is 0 Å².